The van der Waals surface area contributed by atoms with E-state index in [4.69, 9.17) is 0 Å². The highest BCUT2D eigenvalue weighted by Crippen LogP contribution is 2.43. The molecule has 42 heavy (non-hydrogen) atoms. The number of hydrogen-bond acceptors (Lipinski definition) is 4. The molecular weight excluding hydrogens is 537 g/mol. The van der Waals surface area contributed by atoms with Crippen molar-refractivity contribution in [3.05, 3.63) is 133 Å². The van der Waals surface area contributed by atoms with Gasteiger partial charge in [0.1, 0.15) is 6.33 Å². The van der Waals surface area contributed by atoms with Crippen LogP contribution in [0.4, 0.5) is 19.0 Å². The predicted molar refractivity (Wildman–Crippen MR) is 158 cm³/mol. The summed E-state index contributed by atoms with van der Waals surface area (Å²) in [5.41, 5.74) is 8.52. The monoisotopic (exact) mass is 560 g/mol. The van der Waals surface area contributed by atoms with E-state index in [2.05, 4.69) is 20.4 Å². The minimum absolute atomic E-state index is 0.431. The number of rotatable bonds is 6. The molecule has 0 aliphatic heterocycles. The lowest BCUT2D eigenvalue weighted by Gasteiger charge is -2.15. The summed E-state index contributed by atoms with van der Waals surface area (Å²) >= 11 is 0. The van der Waals surface area contributed by atoms with Crippen molar-refractivity contribution in [2.45, 2.75) is 12.7 Å². The molecule has 9 heteroatoms. The molecule has 0 bridgehead atoms. The SMILES string of the molecule is FC(F)(F)c1ccc2c(c1)c(-c1ccccc1)c(-c1ccccc1)n2Nc1ncnc2c1ncn2Cc1ccccc1. The summed E-state index contributed by atoms with van der Waals surface area (Å²) in [6.45, 7) is 0.577. The molecular formula is C33H23F3N6. The molecule has 3 heterocycles. The quantitative estimate of drug-likeness (QED) is 0.224. The van der Waals surface area contributed by atoms with E-state index < -0.39 is 11.7 Å². The zero-order valence-corrected chi connectivity index (χ0v) is 22.1. The van der Waals surface area contributed by atoms with Gasteiger partial charge in [0, 0.05) is 16.5 Å². The molecule has 0 saturated heterocycles. The molecule has 1 N–H and O–H groups in total. The first-order chi connectivity index (χ1) is 20.5. The summed E-state index contributed by atoms with van der Waals surface area (Å²) in [7, 11) is 0. The molecule has 0 unspecified atom stereocenters. The molecule has 0 aliphatic rings. The second-order valence-electron chi connectivity index (χ2n) is 9.89. The van der Waals surface area contributed by atoms with Crippen LogP contribution in [0.5, 0.6) is 0 Å². The van der Waals surface area contributed by atoms with Crippen molar-refractivity contribution < 1.29 is 13.2 Å². The lowest BCUT2D eigenvalue weighted by atomic mass is 9.97. The van der Waals surface area contributed by atoms with Crippen molar-refractivity contribution in [3.8, 4) is 22.4 Å². The summed E-state index contributed by atoms with van der Waals surface area (Å²) in [6.07, 6.45) is -1.31. The van der Waals surface area contributed by atoms with E-state index >= 15 is 0 Å². The first kappa shape index (κ1) is 25.5. The van der Waals surface area contributed by atoms with Gasteiger partial charge in [-0.3, -0.25) is 10.1 Å². The summed E-state index contributed by atoms with van der Waals surface area (Å²) in [5, 5.41) is 0.460. The Morgan fingerprint density at radius 3 is 2.07 bits per heavy atom. The van der Waals surface area contributed by atoms with E-state index in [9.17, 15) is 13.2 Å². The zero-order valence-electron chi connectivity index (χ0n) is 22.1. The van der Waals surface area contributed by atoms with E-state index in [-0.39, 0.29) is 0 Å². The Bertz CT molecular complexity index is 2010. The van der Waals surface area contributed by atoms with Gasteiger partial charge in [0.25, 0.3) is 0 Å². The number of nitrogens with zero attached hydrogens (tertiary/aromatic N) is 5. The second-order valence-corrected chi connectivity index (χ2v) is 9.89. The highest BCUT2D eigenvalue weighted by molar-refractivity contribution is 6.05. The van der Waals surface area contributed by atoms with Gasteiger partial charge in [-0.1, -0.05) is 91.0 Å². The molecule has 7 rings (SSSR count). The third kappa shape index (κ3) is 4.54. The topological polar surface area (TPSA) is 60.6 Å². The number of hydrogen-bond donors (Lipinski definition) is 1. The standard InChI is InChI=1S/C33H23F3N6/c34-33(35,36)25-16-17-27-26(18-25)28(23-12-6-2-7-13-23)30(24-14-8-3-9-15-24)42(27)40-31-29-32(38-20-37-31)41(21-39-29)19-22-10-4-1-5-11-22/h1-18,20-21H,19H2,(H,37,38,40). The Hall–Kier alpha value is -5.44. The van der Waals surface area contributed by atoms with Gasteiger partial charge >= 0.3 is 6.18 Å². The van der Waals surface area contributed by atoms with Gasteiger partial charge in [-0.25, -0.2) is 15.0 Å². The van der Waals surface area contributed by atoms with Crippen LogP contribution in [0, 0.1) is 0 Å². The van der Waals surface area contributed by atoms with E-state index in [1.165, 1.54) is 18.5 Å². The smallest absolute Gasteiger partial charge is 0.311 e. The fourth-order valence-corrected chi connectivity index (χ4v) is 5.31. The molecule has 0 aliphatic carbocycles. The minimum Gasteiger partial charge on any atom is -0.311 e. The zero-order chi connectivity index (χ0) is 28.7. The van der Waals surface area contributed by atoms with Crippen LogP contribution in [-0.2, 0) is 12.7 Å². The number of nitrogens with one attached hydrogen (secondary N) is 1. The molecule has 206 valence electrons. The molecule has 0 fully saturated rings. The average molecular weight is 561 g/mol. The number of anilines is 1. The fraction of sp³-hybridized carbons (Fsp3) is 0.0606. The molecule has 4 aromatic carbocycles. The van der Waals surface area contributed by atoms with Crippen molar-refractivity contribution >= 4 is 27.9 Å². The number of alkyl halides is 3. The summed E-state index contributed by atoms with van der Waals surface area (Å²) in [6, 6.07) is 32.8. The van der Waals surface area contributed by atoms with Crippen LogP contribution in [0.3, 0.4) is 0 Å². The van der Waals surface area contributed by atoms with Crippen LogP contribution in [0.25, 0.3) is 44.5 Å². The van der Waals surface area contributed by atoms with Gasteiger partial charge in [-0.2, -0.15) is 13.2 Å². The van der Waals surface area contributed by atoms with E-state index in [0.717, 1.165) is 22.8 Å². The number of halogens is 3. The Kier molecular flexibility index (Phi) is 6.19. The largest absolute Gasteiger partial charge is 0.416 e. The summed E-state index contributed by atoms with van der Waals surface area (Å²) in [4.78, 5) is 13.6. The van der Waals surface area contributed by atoms with E-state index in [0.29, 0.717) is 45.7 Å². The molecule has 0 radical (unpaired) electrons. The van der Waals surface area contributed by atoms with Crippen LogP contribution in [0.2, 0.25) is 0 Å². The first-order valence-corrected chi connectivity index (χ1v) is 13.3. The van der Waals surface area contributed by atoms with Crippen LogP contribution < -0.4 is 5.43 Å². The van der Waals surface area contributed by atoms with Gasteiger partial charge in [0.05, 0.1) is 29.6 Å². The second kappa shape index (κ2) is 10.2. The summed E-state index contributed by atoms with van der Waals surface area (Å²) in [5.74, 6) is 0.431. The fourth-order valence-electron chi connectivity index (χ4n) is 5.31. The third-order valence-corrected chi connectivity index (χ3v) is 7.22. The molecule has 7 aromatic rings. The average Bonchev–Trinajstić information content (AvgIpc) is 3.57. The normalized spacial score (nSPS) is 11.8. The molecule has 0 spiro atoms. The maximum Gasteiger partial charge on any atom is 0.416 e. The van der Waals surface area contributed by atoms with E-state index in [1.807, 2.05) is 95.6 Å². The molecule has 0 amide bonds. The number of fused-ring (bicyclic) bond motifs is 2. The maximum atomic E-state index is 13.9. The number of benzene rings is 4. The Morgan fingerprint density at radius 1 is 0.714 bits per heavy atom. The van der Waals surface area contributed by atoms with Crippen LogP contribution in [0.15, 0.2) is 122 Å². The minimum atomic E-state index is -4.49. The van der Waals surface area contributed by atoms with Crippen molar-refractivity contribution in [1.29, 1.82) is 0 Å². The maximum absolute atomic E-state index is 13.9. The lowest BCUT2D eigenvalue weighted by molar-refractivity contribution is -0.137. The first-order valence-electron chi connectivity index (χ1n) is 13.3. The van der Waals surface area contributed by atoms with Gasteiger partial charge < -0.3 is 4.57 Å². The van der Waals surface area contributed by atoms with Gasteiger partial charge in [-0.05, 0) is 29.3 Å². The van der Waals surface area contributed by atoms with Gasteiger partial charge in [-0.15, -0.1) is 0 Å². The Labute approximate surface area is 238 Å². The molecule has 3 aromatic heterocycles. The molecule has 0 saturated carbocycles. The molecule has 6 nitrogen and oxygen atoms in total. The highest BCUT2D eigenvalue weighted by atomic mass is 19.4. The number of aromatic nitrogens is 5. The molecule has 0 atom stereocenters. The van der Waals surface area contributed by atoms with Gasteiger partial charge in [0.15, 0.2) is 17.0 Å². The lowest BCUT2D eigenvalue weighted by Crippen LogP contribution is -2.13. The van der Waals surface area contributed by atoms with Crippen molar-refractivity contribution in [1.82, 2.24) is 24.2 Å². The predicted octanol–water partition coefficient (Wildman–Crippen LogP) is 8.06. The Morgan fingerprint density at radius 2 is 1.38 bits per heavy atom. The van der Waals surface area contributed by atoms with Crippen molar-refractivity contribution in [2.75, 3.05) is 5.43 Å². The highest BCUT2D eigenvalue weighted by Gasteiger charge is 2.32. The summed E-state index contributed by atoms with van der Waals surface area (Å²) < 4.78 is 45.5. The van der Waals surface area contributed by atoms with Crippen molar-refractivity contribution in [2.24, 2.45) is 0 Å². The van der Waals surface area contributed by atoms with E-state index in [1.54, 1.807) is 11.0 Å². The van der Waals surface area contributed by atoms with Crippen LogP contribution >= 0.6 is 0 Å². The number of imidazole rings is 1. The Balaban J connectivity index is 1.45. The van der Waals surface area contributed by atoms with Gasteiger partial charge in [0.2, 0.25) is 0 Å². The van der Waals surface area contributed by atoms with Crippen LogP contribution in [0.1, 0.15) is 11.1 Å². The third-order valence-electron chi connectivity index (χ3n) is 7.22. The van der Waals surface area contributed by atoms with Crippen LogP contribution in [-0.4, -0.2) is 24.2 Å². The van der Waals surface area contributed by atoms with Crippen molar-refractivity contribution in [3.63, 3.8) is 0 Å².